The molecule has 1 unspecified atom stereocenters. The fraction of sp³-hybridized carbons (Fsp3) is 0.556. The van der Waals surface area contributed by atoms with Gasteiger partial charge in [0.05, 0.1) is 17.3 Å². The number of hydrogen-bond acceptors (Lipinski definition) is 6. The highest BCUT2D eigenvalue weighted by molar-refractivity contribution is 7.10. The number of fused-ring (bicyclic) bond motifs is 1. The zero-order valence-electron chi connectivity index (χ0n) is 20.1. The molecule has 0 amide bonds. The minimum Gasteiger partial charge on any atom is -0.380 e. The molecule has 5 heterocycles. The number of ether oxygens (including phenoxy) is 1. The Bertz CT molecular complexity index is 1150. The number of thiazole rings is 1. The quantitative estimate of drug-likeness (QED) is 0.563. The summed E-state index contributed by atoms with van der Waals surface area (Å²) in [6, 6.07) is 2.98. The summed E-state index contributed by atoms with van der Waals surface area (Å²) in [4.78, 5) is 18.3. The highest BCUT2D eigenvalue weighted by Crippen LogP contribution is 2.36. The molecule has 34 heavy (non-hydrogen) atoms. The standard InChI is InChI=1S/C27H35N5OS/c1-31-10-7-20(8-11-31)27-30-25(18-34-27)24-17-29-26-23(24)15-21(16-28-26)19-3-5-22(6-4-19)32-9-2-13-33-14-12-32/h3,15-18,20,22H,2,4-14H2,1H3,(H,28,29). The highest BCUT2D eigenvalue weighted by Gasteiger charge is 2.24. The summed E-state index contributed by atoms with van der Waals surface area (Å²) in [7, 11) is 2.21. The third-order valence-electron chi connectivity index (χ3n) is 7.92. The number of hydrogen-bond donors (Lipinski definition) is 1. The van der Waals surface area contributed by atoms with Crippen LogP contribution in [0.25, 0.3) is 27.9 Å². The highest BCUT2D eigenvalue weighted by atomic mass is 32.1. The van der Waals surface area contributed by atoms with E-state index in [1.165, 1.54) is 66.0 Å². The molecule has 1 N–H and O–H groups in total. The molecule has 6 rings (SSSR count). The Kier molecular flexibility index (Phi) is 6.52. The number of nitrogens with zero attached hydrogens (tertiary/aromatic N) is 4. The average molecular weight is 478 g/mol. The van der Waals surface area contributed by atoms with E-state index in [1.807, 2.05) is 17.5 Å². The van der Waals surface area contributed by atoms with Crippen LogP contribution in [0.1, 0.15) is 55.0 Å². The maximum absolute atomic E-state index is 5.65. The first-order valence-corrected chi connectivity index (χ1v) is 13.8. The SMILES string of the molecule is CN1CCC(c2nc(-c3c[nH]c4ncc(C5=CCC(N6CCCOCC6)CC5)cc34)cs2)CC1. The van der Waals surface area contributed by atoms with Gasteiger partial charge in [-0.25, -0.2) is 9.97 Å². The van der Waals surface area contributed by atoms with Crippen molar-refractivity contribution in [2.75, 3.05) is 46.4 Å². The Morgan fingerprint density at radius 1 is 1.12 bits per heavy atom. The van der Waals surface area contributed by atoms with Crippen LogP contribution in [0, 0.1) is 0 Å². The predicted molar refractivity (Wildman–Crippen MR) is 139 cm³/mol. The second-order valence-electron chi connectivity index (χ2n) is 10.1. The smallest absolute Gasteiger partial charge is 0.137 e. The number of likely N-dealkylation sites (tertiary alicyclic amines) is 1. The second kappa shape index (κ2) is 9.90. The zero-order chi connectivity index (χ0) is 22.9. The number of rotatable bonds is 4. The van der Waals surface area contributed by atoms with Gasteiger partial charge in [-0.05, 0) is 75.9 Å². The van der Waals surface area contributed by atoms with Gasteiger partial charge in [0.1, 0.15) is 5.65 Å². The van der Waals surface area contributed by atoms with Gasteiger partial charge in [0, 0.05) is 60.4 Å². The fourth-order valence-electron chi connectivity index (χ4n) is 5.79. The second-order valence-corrected chi connectivity index (χ2v) is 11.0. The third-order valence-corrected chi connectivity index (χ3v) is 8.93. The lowest BCUT2D eigenvalue weighted by Gasteiger charge is -2.32. The van der Waals surface area contributed by atoms with Crippen LogP contribution in [0.15, 0.2) is 29.9 Å². The van der Waals surface area contributed by atoms with Crippen molar-refractivity contribution in [1.82, 2.24) is 24.8 Å². The molecule has 6 nitrogen and oxygen atoms in total. The maximum Gasteiger partial charge on any atom is 0.137 e. The van der Waals surface area contributed by atoms with Gasteiger partial charge in [0.15, 0.2) is 0 Å². The zero-order valence-corrected chi connectivity index (χ0v) is 20.9. The average Bonchev–Trinajstić information content (AvgIpc) is 3.43. The van der Waals surface area contributed by atoms with Crippen molar-refractivity contribution in [3.05, 3.63) is 40.5 Å². The molecule has 0 saturated carbocycles. The molecule has 180 valence electrons. The van der Waals surface area contributed by atoms with E-state index in [0.29, 0.717) is 12.0 Å². The minimum atomic E-state index is 0.602. The van der Waals surface area contributed by atoms with E-state index >= 15 is 0 Å². The molecular formula is C27H35N5OS. The first-order valence-electron chi connectivity index (χ1n) is 12.9. The molecule has 0 radical (unpaired) electrons. The van der Waals surface area contributed by atoms with Crippen LogP contribution in [-0.4, -0.2) is 77.2 Å². The molecular weight excluding hydrogens is 442 g/mol. The molecule has 0 aromatic carbocycles. The summed E-state index contributed by atoms with van der Waals surface area (Å²) >= 11 is 1.82. The summed E-state index contributed by atoms with van der Waals surface area (Å²) in [5.41, 5.74) is 5.92. The fourth-order valence-corrected chi connectivity index (χ4v) is 6.78. The molecule has 0 bridgehead atoms. The van der Waals surface area contributed by atoms with Crippen LogP contribution < -0.4 is 0 Å². The van der Waals surface area contributed by atoms with Crippen molar-refractivity contribution in [3.63, 3.8) is 0 Å². The van der Waals surface area contributed by atoms with Crippen molar-refractivity contribution >= 4 is 27.9 Å². The Hall–Kier alpha value is -2.06. The normalized spacial score (nSPS) is 23.8. The molecule has 1 aliphatic carbocycles. The Morgan fingerprint density at radius 2 is 2.03 bits per heavy atom. The van der Waals surface area contributed by atoms with Gasteiger partial charge in [-0.15, -0.1) is 11.3 Å². The molecule has 2 aliphatic heterocycles. The van der Waals surface area contributed by atoms with Gasteiger partial charge >= 0.3 is 0 Å². The van der Waals surface area contributed by atoms with Gasteiger partial charge in [-0.1, -0.05) is 6.08 Å². The topological polar surface area (TPSA) is 57.3 Å². The lowest BCUT2D eigenvalue weighted by molar-refractivity contribution is 0.129. The number of aromatic amines is 1. The van der Waals surface area contributed by atoms with Gasteiger partial charge in [-0.2, -0.15) is 0 Å². The Morgan fingerprint density at radius 3 is 2.88 bits per heavy atom. The molecule has 2 fully saturated rings. The third kappa shape index (κ3) is 4.59. The number of piperidine rings is 1. The van der Waals surface area contributed by atoms with Crippen molar-refractivity contribution in [2.45, 2.75) is 50.5 Å². The number of aromatic nitrogens is 3. The molecule has 1 atom stereocenters. The van der Waals surface area contributed by atoms with Gasteiger partial charge in [0.2, 0.25) is 0 Å². The lowest BCUT2D eigenvalue weighted by atomic mass is 9.90. The van der Waals surface area contributed by atoms with E-state index in [-0.39, 0.29) is 0 Å². The van der Waals surface area contributed by atoms with Crippen LogP contribution in [0.3, 0.4) is 0 Å². The summed E-state index contributed by atoms with van der Waals surface area (Å²) in [6.07, 6.45) is 13.6. The van der Waals surface area contributed by atoms with Crippen LogP contribution >= 0.6 is 11.3 Å². The van der Waals surface area contributed by atoms with E-state index in [0.717, 1.165) is 50.4 Å². The molecule has 2 saturated heterocycles. The minimum absolute atomic E-state index is 0.602. The Labute approximate surface area is 206 Å². The van der Waals surface area contributed by atoms with Crippen molar-refractivity contribution < 1.29 is 4.74 Å². The van der Waals surface area contributed by atoms with Crippen LogP contribution in [0.4, 0.5) is 0 Å². The number of nitrogens with one attached hydrogen (secondary N) is 1. The van der Waals surface area contributed by atoms with Crippen molar-refractivity contribution in [3.8, 4) is 11.3 Å². The monoisotopic (exact) mass is 477 g/mol. The molecule has 7 heteroatoms. The molecule has 0 spiro atoms. The summed E-state index contributed by atoms with van der Waals surface area (Å²) < 4.78 is 5.65. The Balaban J connectivity index is 1.21. The van der Waals surface area contributed by atoms with E-state index in [1.54, 1.807) is 0 Å². The van der Waals surface area contributed by atoms with Crippen LogP contribution in [0.5, 0.6) is 0 Å². The molecule has 3 aromatic heterocycles. The summed E-state index contributed by atoms with van der Waals surface area (Å²) in [5.74, 6) is 0.602. The van der Waals surface area contributed by atoms with Crippen molar-refractivity contribution in [2.24, 2.45) is 0 Å². The largest absolute Gasteiger partial charge is 0.380 e. The predicted octanol–water partition coefficient (Wildman–Crippen LogP) is 5.15. The lowest BCUT2D eigenvalue weighted by Crippen LogP contribution is -2.37. The van der Waals surface area contributed by atoms with Gasteiger partial charge in [0.25, 0.3) is 0 Å². The first-order chi connectivity index (χ1) is 16.7. The van der Waals surface area contributed by atoms with E-state index < -0.39 is 0 Å². The van der Waals surface area contributed by atoms with Gasteiger partial charge < -0.3 is 14.6 Å². The molecule has 3 aromatic rings. The number of H-pyrrole nitrogens is 1. The van der Waals surface area contributed by atoms with Crippen LogP contribution in [-0.2, 0) is 4.74 Å². The van der Waals surface area contributed by atoms with Crippen LogP contribution in [0.2, 0.25) is 0 Å². The maximum atomic E-state index is 5.65. The first kappa shape index (κ1) is 22.4. The van der Waals surface area contributed by atoms with Crippen molar-refractivity contribution in [1.29, 1.82) is 0 Å². The number of pyridine rings is 1. The van der Waals surface area contributed by atoms with Gasteiger partial charge in [-0.3, -0.25) is 4.90 Å². The summed E-state index contributed by atoms with van der Waals surface area (Å²) in [5, 5.41) is 4.71. The van der Waals surface area contributed by atoms with E-state index in [2.05, 4.69) is 45.6 Å². The number of allylic oxidation sites excluding steroid dienone is 1. The summed E-state index contributed by atoms with van der Waals surface area (Å²) in [6.45, 7) is 6.36. The molecule has 3 aliphatic rings. The van der Waals surface area contributed by atoms with E-state index in [9.17, 15) is 0 Å². The van der Waals surface area contributed by atoms with E-state index in [4.69, 9.17) is 14.7 Å².